The fourth-order valence-corrected chi connectivity index (χ4v) is 2.03. The minimum atomic E-state index is -0.169. The Morgan fingerprint density at radius 2 is 2.11 bits per heavy atom. The predicted molar refractivity (Wildman–Crippen MR) is 77.5 cm³/mol. The molecule has 0 spiro atoms. The summed E-state index contributed by atoms with van der Waals surface area (Å²) in [6.07, 6.45) is 2.65. The summed E-state index contributed by atoms with van der Waals surface area (Å²) in [4.78, 5) is 15.2. The number of carbonyl (C=O) groups is 1. The van der Waals surface area contributed by atoms with E-state index in [-0.39, 0.29) is 5.91 Å². The molecular formula is C15H19N3O. The van der Waals surface area contributed by atoms with Gasteiger partial charge >= 0.3 is 0 Å². The third-order valence-corrected chi connectivity index (χ3v) is 2.84. The number of rotatable bonds is 5. The van der Waals surface area contributed by atoms with Crippen molar-refractivity contribution < 1.29 is 4.79 Å². The predicted octanol–water partition coefficient (Wildman–Crippen LogP) is 2.96. The van der Waals surface area contributed by atoms with Crippen LogP contribution >= 0.6 is 0 Å². The van der Waals surface area contributed by atoms with Gasteiger partial charge in [-0.3, -0.25) is 10.2 Å². The molecular weight excluding hydrogens is 238 g/mol. The largest absolute Gasteiger partial charge is 0.361 e. The number of para-hydroxylation sites is 1. The second-order valence-electron chi connectivity index (χ2n) is 5.03. The van der Waals surface area contributed by atoms with Crippen molar-refractivity contribution in [3.63, 3.8) is 0 Å². The Hall–Kier alpha value is -2.23. The lowest BCUT2D eigenvalue weighted by Crippen LogP contribution is -2.36. The highest BCUT2D eigenvalue weighted by atomic mass is 16.2. The Bertz CT molecular complexity index is 598. The molecule has 1 amide bonds. The Morgan fingerprint density at radius 3 is 2.84 bits per heavy atom. The van der Waals surface area contributed by atoms with Crippen molar-refractivity contribution >= 4 is 16.8 Å². The van der Waals surface area contributed by atoms with Gasteiger partial charge in [-0.15, -0.1) is 0 Å². The molecule has 100 valence electrons. The number of H-pyrrole nitrogens is 1. The fourth-order valence-electron chi connectivity index (χ4n) is 2.03. The molecule has 0 fully saturated rings. The summed E-state index contributed by atoms with van der Waals surface area (Å²) in [5.41, 5.74) is 7.81. The summed E-state index contributed by atoms with van der Waals surface area (Å²) in [6.45, 7) is 8.09. The van der Waals surface area contributed by atoms with E-state index in [9.17, 15) is 4.79 Å². The molecule has 0 bridgehead atoms. The van der Waals surface area contributed by atoms with E-state index in [2.05, 4.69) is 36.3 Å². The van der Waals surface area contributed by atoms with Gasteiger partial charge in [-0.2, -0.15) is 0 Å². The monoisotopic (exact) mass is 257 g/mol. The van der Waals surface area contributed by atoms with Crippen molar-refractivity contribution in [3.05, 3.63) is 48.3 Å². The topological polar surface area (TPSA) is 56.9 Å². The number of fused-ring (bicyclic) bond motifs is 1. The van der Waals surface area contributed by atoms with Crippen LogP contribution in [0.2, 0.25) is 0 Å². The van der Waals surface area contributed by atoms with Gasteiger partial charge in [-0.1, -0.05) is 32.6 Å². The Labute approximate surface area is 112 Å². The van der Waals surface area contributed by atoms with Crippen LogP contribution in [0.25, 0.3) is 10.9 Å². The van der Waals surface area contributed by atoms with Gasteiger partial charge in [0.1, 0.15) is 0 Å². The Kier molecular flexibility index (Phi) is 3.90. The summed E-state index contributed by atoms with van der Waals surface area (Å²) in [6, 6.07) is 7.57. The van der Waals surface area contributed by atoms with Crippen LogP contribution in [0.4, 0.5) is 0 Å². The number of amides is 1. The number of nitrogens with one attached hydrogen (secondary N) is 3. The highest BCUT2D eigenvalue weighted by Crippen LogP contribution is 2.16. The molecule has 0 saturated heterocycles. The van der Waals surface area contributed by atoms with Gasteiger partial charge in [0, 0.05) is 17.3 Å². The zero-order valence-electron chi connectivity index (χ0n) is 11.3. The third kappa shape index (κ3) is 3.16. The molecule has 0 unspecified atom stereocenters. The van der Waals surface area contributed by atoms with Crippen LogP contribution in [-0.2, 0) is 0 Å². The van der Waals surface area contributed by atoms with Gasteiger partial charge in [0.05, 0.1) is 11.1 Å². The lowest BCUT2D eigenvalue weighted by molar-refractivity contribution is 0.0939. The van der Waals surface area contributed by atoms with Crippen molar-refractivity contribution in [2.24, 2.45) is 5.92 Å². The maximum atomic E-state index is 12.1. The van der Waals surface area contributed by atoms with E-state index >= 15 is 0 Å². The number of hydrogen-bond donors (Lipinski definition) is 3. The Morgan fingerprint density at radius 1 is 1.32 bits per heavy atom. The van der Waals surface area contributed by atoms with Crippen molar-refractivity contribution in [1.29, 1.82) is 0 Å². The number of benzene rings is 1. The highest BCUT2D eigenvalue weighted by Gasteiger charge is 2.10. The van der Waals surface area contributed by atoms with E-state index in [1.165, 1.54) is 0 Å². The first-order valence-electron chi connectivity index (χ1n) is 6.38. The number of aromatic nitrogens is 1. The van der Waals surface area contributed by atoms with E-state index < -0.39 is 0 Å². The summed E-state index contributed by atoms with van der Waals surface area (Å²) < 4.78 is 0. The van der Waals surface area contributed by atoms with E-state index in [1.54, 1.807) is 6.07 Å². The average molecular weight is 257 g/mol. The Balaban J connectivity index is 2.04. The first kappa shape index (κ1) is 13.2. The number of hydrogen-bond acceptors (Lipinski definition) is 2. The van der Waals surface area contributed by atoms with Crippen LogP contribution in [0.5, 0.6) is 0 Å². The summed E-state index contributed by atoms with van der Waals surface area (Å²) in [5.74, 6) is 0.335. The van der Waals surface area contributed by atoms with Crippen LogP contribution in [0.3, 0.4) is 0 Å². The molecule has 1 aromatic carbocycles. The quantitative estimate of drug-likeness (QED) is 0.721. The van der Waals surface area contributed by atoms with Crippen molar-refractivity contribution in [3.8, 4) is 0 Å². The first-order chi connectivity index (χ1) is 9.08. The van der Waals surface area contributed by atoms with Crippen molar-refractivity contribution in [2.75, 3.05) is 0 Å². The molecule has 0 aliphatic carbocycles. The molecule has 3 N–H and O–H groups in total. The minimum Gasteiger partial charge on any atom is -0.361 e. The van der Waals surface area contributed by atoms with Crippen LogP contribution < -0.4 is 10.9 Å². The number of carbonyl (C=O) groups excluding carboxylic acids is 1. The second kappa shape index (κ2) is 5.61. The summed E-state index contributed by atoms with van der Waals surface area (Å²) in [7, 11) is 0. The molecule has 0 aliphatic rings. The smallest absolute Gasteiger partial charge is 0.271 e. The van der Waals surface area contributed by atoms with Crippen LogP contribution in [0.1, 0.15) is 30.6 Å². The van der Waals surface area contributed by atoms with Gasteiger partial charge in [-0.25, -0.2) is 0 Å². The molecule has 0 saturated carbocycles. The second-order valence-corrected chi connectivity index (χ2v) is 5.03. The lowest BCUT2D eigenvalue weighted by atomic mass is 10.1. The number of hydrazine groups is 1. The SMILES string of the molecule is C=C(CC(C)C)NNC(=O)c1cccc2cc[nH]c12. The van der Waals surface area contributed by atoms with Gasteiger partial charge < -0.3 is 10.4 Å². The van der Waals surface area contributed by atoms with E-state index in [0.717, 1.165) is 23.0 Å². The zero-order chi connectivity index (χ0) is 13.8. The van der Waals surface area contributed by atoms with E-state index in [1.807, 2.05) is 24.4 Å². The maximum Gasteiger partial charge on any atom is 0.271 e. The standard InChI is InChI=1S/C15H19N3O/c1-10(2)9-11(3)17-18-15(19)13-6-4-5-12-7-8-16-14(12)13/h4-8,10,16-17H,3,9H2,1-2H3,(H,18,19). The van der Waals surface area contributed by atoms with Crippen LogP contribution in [0.15, 0.2) is 42.7 Å². The lowest BCUT2D eigenvalue weighted by Gasteiger charge is -2.13. The molecule has 0 radical (unpaired) electrons. The summed E-state index contributed by atoms with van der Waals surface area (Å²) >= 11 is 0. The third-order valence-electron chi connectivity index (χ3n) is 2.84. The maximum absolute atomic E-state index is 12.1. The number of aromatic amines is 1. The van der Waals surface area contributed by atoms with Gasteiger partial charge in [-0.05, 0) is 24.5 Å². The zero-order valence-corrected chi connectivity index (χ0v) is 11.3. The molecule has 1 aromatic heterocycles. The van der Waals surface area contributed by atoms with Crippen LogP contribution in [-0.4, -0.2) is 10.9 Å². The fraction of sp³-hybridized carbons (Fsp3) is 0.267. The van der Waals surface area contributed by atoms with Gasteiger partial charge in [0.2, 0.25) is 0 Å². The molecule has 19 heavy (non-hydrogen) atoms. The molecule has 0 aliphatic heterocycles. The van der Waals surface area contributed by atoms with Crippen molar-refractivity contribution in [1.82, 2.24) is 15.8 Å². The first-order valence-corrected chi connectivity index (χ1v) is 6.38. The molecule has 1 heterocycles. The summed E-state index contributed by atoms with van der Waals surface area (Å²) in [5, 5.41) is 1.02. The van der Waals surface area contributed by atoms with Gasteiger partial charge in [0.15, 0.2) is 0 Å². The van der Waals surface area contributed by atoms with E-state index in [4.69, 9.17) is 0 Å². The minimum absolute atomic E-state index is 0.169. The molecule has 0 atom stereocenters. The normalized spacial score (nSPS) is 10.7. The highest BCUT2D eigenvalue weighted by molar-refractivity contribution is 6.05. The average Bonchev–Trinajstić information content (AvgIpc) is 2.83. The van der Waals surface area contributed by atoms with Crippen molar-refractivity contribution in [2.45, 2.75) is 20.3 Å². The molecule has 2 aromatic rings. The van der Waals surface area contributed by atoms with Gasteiger partial charge in [0.25, 0.3) is 5.91 Å². The number of allylic oxidation sites excluding steroid dienone is 1. The van der Waals surface area contributed by atoms with Crippen LogP contribution in [0, 0.1) is 5.92 Å². The molecule has 2 rings (SSSR count). The molecule has 4 heteroatoms. The molecule has 4 nitrogen and oxygen atoms in total. The van der Waals surface area contributed by atoms with E-state index in [0.29, 0.717) is 11.5 Å².